The third kappa shape index (κ3) is 5.84. The zero-order valence-corrected chi connectivity index (χ0v) is 7.93. The van der Waals surface area contributed by atoms with E-state index in [0.717, 1.165) is 12.8 Å². The molecule has 0 bridgehead atoms. The molecular weight excluding hydrogens is 134 g/mol. The van der Waals surface area contributed by atoms with Crippen LogP contribution in [0, 0.1) is 0 Å². The fraction of sp³-hybridized carbons (Fsp3) is 0.700. The first-order valence-electron chi connectivity index (χ1n) is 4.54. The minimum atomic E-state index is 1.03. The third-order valence-corrected chi connectivity index (χ3v) is 1.57. The van der Waals surface area contributed by atoms with E-state index < -0.39 is 0 Å². The molecule has 64 valence electrons. The van der Waals surface area contributed by atoms with Gasteiger partial charge in [-0.1, -0.05) is 32.8 Å². The van der Waals surface area contributed by atoms with Crippen molar-refractivity contribution in [3.05, 3.63) is 11.8 Å². The summed E-state index contributed by atoms with van der Waals surface area (Å²) in [6, 6.07) is 0. The number of hydrogen-bond donors (Lipinski definition) is 0. The molecule has 0 aromatic carbocycles. The van der Waals surface area contributed by atoms with Crippen molar-refractivity contribution in [2.45, 2.75) is 46.5 Å². The largest absolute Gasteiger partial charge is 0.269 e. The van der Waals surface area contributed by atoms with Crippen LogP contribution in [-0.4, -0.2) is 6.21 Å². The smallest absolute Gasteiger partial charge is 0.0255 e. The summed E-state index contributed by atoms with van der Waals surface area (Å²) in [4.78, 5) is 4.19. The van der Waals surface area contributed by atoms with Gasteiger partial charge in [0.05, 0.1) is 0 Å². The molecule has 0 atom stereocenters. The predicted octanol–water partition coefficient (Wildman–Crippen LogP) is 3.56. The summed E-state index contributed by atoms with van der Waals surface area (Å²) in [7, 11) is 0. The van der Waals surface area contributed by atoms with Crippen LogP contribution in [0.3, 0.4) is 0 Å². The molecule has 0 aromatic heterocycles. The Labute approximate surface area is 70.2 Å². The Morgan fingerprint density at radius 1 is 1.27 bits per heavy atom. The maximum Gasteiger partial charge on any atom is 0.0255 e. The SMILES string of the molecule is CC/C=N\C=C(/CC)CCC. The van der Waals surface area contributed by atoms with Gasteiger partial charge in [-0.25, -0.2) is 0 Å². The maximum absolute atomic E-state index is 4.19. The molecule has 1 heteroatoms. The first-order chi connectivity index (χ1) is 5.35. The summed E-state index contributed by atoms with van der Waals surface area (Å²) in [6.07, 6.45) is 8.53. The van der Waals surface area contributed by atoms with Gasteiger partial charge in [0.1, 0.15) is 0 Å². The molecular formula is C10H19N. The highest BCUT2D eigenvalue weighted by Crippen LogP contribution is 2.08. The molecule has 0 unspecified atom stereocenters. The highest BCUT2D eigenvalue weighted by molar-refractivity contribution is 5.57. The molecule has 0 aliphatic carbocycles. The highest BCUT2D eigenvalue weighted by Gasteiger charge is 1.89. The first kappa shape index (κ1) is 10.4. The molecule has 0 radical (unpaired) electrons. The minimum absolute atomic E-state index is 1.03. The van der Waals surface area contributed by atoms with Crippen LogP contribution in [0.4, 0.5) is 0 Å². The van der Waals surface area contributed by atoms with E-state index in [-0.39, 0.29) is 0 Å². The van der Waals surface area contributed by atoms with Gasteiger partial charge >= 0.3 is 0 Å². The van der Waals surface area contributed by atoms with E-state index in [9.17, 15) is 0 Å². The third-order valence-electron chi connectivity index (χ3n) is 1.57. The highest BCUT2D eigenvalue weighted by atomic mass is 14.7. The van der Waals surface area contributed by atoms with Gasteiger partial charge in [-0.05, 0) is 19.3 Å². The van der Waals surface area contributed by atoms with Gasteiger partial charge in [0, 0.05) is 12.4 Å². The van der Waals surface area contributed by atoms with Crippen LogP contribution in [0.15, 0.2) is 16.8 Å². The van der Waals surface area contributed by atoms with Gasteiger partial charge in [-0.15, -0.1) is 0 Å². The Bertz CT molecular complexity index is 134. The summed E-state index contributed by atoms with van der Waals surface area (Å²) in [5, 5.41) is 0. The summed E-state index contributed by atoms with van der Waals surface area (Å²) >= 11 is 0. The van der Waals surface area contributed by atoms with Crippen LogP contribution in [0.1, 0.15) is 46.5 Å². The lowest BCUT2D eigenvalue weighted by Crippen LogP contribution is -1.79. The van der Waals surface area contributed by atoms with Crippen molar-refractivity contribution < 1.29 is 0 Å². The van der Waals surface area contributed by atoms with Gasteiger partial charge < -0.3 is 0 Å². The molecule has 0 saturated heterocycles. The number of hydrogen-bond acceptors (Lipinski definition) is 1. The second kappa shape index (κ2) is 7.52. The standard InChI is InChI=1S/C10H19N/c1-4-7-10(6-3)9-11-8-5-2/h8-9H,4-7H2,1-3H3/b10-9+,11-8-. The lowest BCUT2D eigenvalue weighted by Gasteiger charge is -1.97. The molecule has 0 fully saturated rings. The van der Waals surface area contributed by atoms with E-state index in [0.29, 0.717) is 0 Å². The average molecular weight is 153 g/mol. The van der Waals surface area contributed by atoms with Crippen molar-refractivity contribution in [1.82, 2.24) is 0 Å². The van der Waals surface area contributed by atoms with Gasteiger partial charge in [0.15, 0.2) is 0 Å². The van der Waals surface area contributed by atoms with Crippen LogP contribution in [-0.2, 0) is 0 Å². The molecule has 0 N–H and O–H groups in total. The molecule has 0 heterocycles. The summed E-state index contributed by atoms with van der Waals surface area (Å²) in [6.45, 7) is 6.48. The van der Waals surface area contributed by atoms with Crippen molar-refractivity contribution >= 4 is 6.21 Å². The van der Waals surface area contributed by atoms with E-state index in [1.807, 2.05) is 12.4 Å². The van der Waals surface area contributed by atoms with E-state index >= 15 is 0 Å². The zero-order valence-electron chi connectivity index (χ0n) is 7.93. The molecule has 11 heavy (non-hydrogen) atoms. The monoisotopic (exact) mass is 153 g/mol. The van der Waals surface area contributed by atoms with E-state index in [4.69, 9.17) is 0 Å². The van der Waals surface area contributed by atoms with Crippen molar-refractivity contribution in [3.63, 3.8) is 0 Å². The van der Waals surface area contributed by atoms with E-state index in [1.165, 1.54) is 18.4 Å². The number of nitrogens with zero attached hydrogens (tertiary/aromatic N) is 1. The van der Waals surface area contributed by atoms with Crippen molar-refractivity contribution in [3.8, 4) is 0 Å². The van der Waals surface area contributed by atoms with Crippen molar-refractivity contribution in [1.29, 1.82) is 0 Å². The molecule has 0 spiro atoms. The summed E-state index contributed by atoms with van der Waals surface area (Å²) in [5.74, 6) is 0. The number of rotatable bonds is 5. The number of allylic oxidation sites excluding steroid dienone is 1. The van der Waals surface area contributed by atoms with Crippen LogP contribution in [0.25, 0.3) is 0 Å². The maximum atomic E-state index is 4.19. The lowest BCUT2D eigenvalue weighted by atomic mass is 10.1. The second-order valence-electron chi connectivity index (χ2n) is 2.63. The van der Waals surface area contributed by atoms with E-state index in [2.05, 4.69) is 25.8 Å². The van der Waals surface area contributed by atoms with Crippen LogP contribution in [0.2, 0.25) is 0 Å². The second-order valence-corrected chi connectivity index (χ2v) is 2.63. The summed E-state index contributed by atoms with van der Waals surface area (Å²) in [5.41, 5.74) is 1.46. The molecule has 0 saturated carbocycles. The predicted molar refractivity (Wildman–Crippen MR) is 52.1 cm³/mol. The quantitative estimate of drug-likeness (QED) is 0.535. The van der Waals surface area contributed by atoms with Crippen LogP contribution < -0.4 is 0 Å². The Kier molecular flexibility index (Phi) is 7.11. The van der Waals surface area contributed by atoms with Gasteiger partial charge in [-0.2, -0.15) is 0 Å². The lowest BCUT2D eigenvalue weighted by molar-refractivity contribution is 0.854. The molecule has 0 rings (SSSR count). The first-order valence-corrected chi connectivity index (χ1v) is 4.54. The fourth-order valence-electron chi connectivity index (χ4n) is 0.917. The summed E-state index contributed by atoms with van der Waals surface area (Å²) < 4.78 is 0. The van der Waals surface area contributed by atoms with Crippen molar-refractivity contribution in [2.24, 2.45) is 4.99 Å². The Morgan fingerprint density at radius 3 is 2.45 bits per heavy atom. The molecule has 0 aliphatic rings. The topological polar surface area (TPSA) is 12.4 Å². The van der Waals surface area contributed by atoms with E-state index in [1.54, 1.807) is 0 Å². The zero-order chi connectivity index (χ0) is 8.53. The van der Waals surface area contributed by atoms with Gasteiger partial charge in [0.2, 0.25) is 0 Å². The average Bonchev–Trinajstić information content (AvgIpc) is 2.03. The molecule has 0 aliphatic heterocycles. The number of aliphatic imine (C=N–C) groups is 1. The minimum Gasteiger partial charge on any atom is -0.269 e. The van der Waals surface area contributed by atoms with Crippen LogP contribution >= 0.6 is 0 Å². The molecule has 1 nitrogen and oxygen atoms in total. The van der Waals surface area contributed by atoms with Gasteiger partial charge in [0.25, 0.3) is 0 Å². The molecule has 0 aromatic rings. The Morgan fingerprint density at radius 2 is 2.00 bits per heavy atom. The van der Waals surface area contributed by atoms with Crippen LogP contribution in [0.5, 0.6) is 0 Å². The Hall–Kier alpha value is -0.590. The Balaban J connectivity index is 3.79. The fourth-order valence-corrected chi connectivity index (χ4v) is 0.917. The van der Waals surface area contributed by atoms with Gasteiger partial charge in [-0.3, -0.25) is 4.99 Å². The van der Waals surface area contributed by atoms with Crippen molar-refractivity contribution in [2.75, 3.05) is 0 Å². The normalized spacial score (nSPS) is 12.8. The molecule has 0 amide bonds.